The van der Waals surface area contributed by atoms with Gasteiger partial charge in [-0.25, -0.2) is 0 Å². The summed E-state index contributed by atoms with van der Waals surface area (Å²) in [4.78, 5) is 2.55. The van der Waals surface area contributed by atoms with Gasteiger partial charge in [0.05, 0.1) is 0 Å². The normalized spacial score (nSPS) is 19.8. The molecule has 1 aliphatic heterocycles. The molecule has 1 N–H and O–H groups in total. The number of rotatable bonds is 4. The van der Waals surface area contributed by atoms with Gasteiger partial charge < -0.3 is 10.2 Å². The number of para-hydroxylation sites is 1. The summed E-state index contributed by atoms with van der Waals surface area (Å²) in [6.07, 6.45) is 1.22. The van der Waals surface area contributed by atoms with Crippen LogP contribution >= 0.6 is 0 Å². The summed E-state index contributed by atoms with van der Waals surface area (Å²) < 4.78 is 0. The highest BCUT2D eigenvalue weighted by molar-refractivity contribution is 5.56. The maximum atomic E-state index is 3.57. The SMILES string of the molecule is CCNC(C)(C)CN1CC(C)Cc2ccccc21. The van der Waals surface area contributed by atoms with Gasteiger partial charge in [0.15, 0.2) is 0 Å². The lowest BCUT2D eigenvalue weighted by molar-refractivity contribution is 0.382. The van der Waals surface area contributed by atoms with Crippen molar-refractivity contribution in [2.24, 2.45) is 5.92 Å². The molecule has 2 nitrogen and oxygen atoms in total. The molecule has 0 saturated heterocycles. The Morgan fingerprint density at radius 3 is 2.78 bits per heavy atom. The van der Waals surface area contributed by atoms with E-state index in [9.17, 15) is 0 Å². The highest BCUT2D eigenvalue weighted by atomic mass is 15.2. The van der Waals surface area contributed by atoms with Crippen molar-refractivity contribution in [1.82, 2.24) is 5.32 Å². The van der Waals surface area contributed by atoms with E-state index >= 15 is 0 Å². The van der Waals surface area contributed by atoms with Crippen LogP contribution in [0.25, 0.3) is 0 Å². The van der Waals surface area contributed by atoms with Gasteiger partial charge in [-0.2, -0.15) is 0 Å². The average Bonchev–Trinajstić information content (AvgIpc) is 2.28. The van der Waals surface area contributed by atoms with Crippen LogP contribution in [0.3, 0.4) is 0 Å². The Bertz CT molecular complexity index is 398. The first-order chi connectivity index (χ1) is 8.52. The predicted molar refractivity (Wildman–Crippen MR) is 79.3 cm³/mol. The second-order valence-corrected chi connectivity index (χ2v) is 6.23. The average molecular weight is 246 g/mol. The number of nitrogens with zero attached hydrogens (tertiary/aromatic N) is 1. The molecule has 2 heteroatoms. The van der Waals surface area contributed by atoms with Crippen molar-refractivity contribution >= 4 is 5.69 Å². The molecule has 0 aliphatic carbocycles. The lowest BCUT2D eigenvalue weighted by atomic mass is 9.92. The van der Waals surface area contributed by atoms with Gasteiger partial charge in [0.2, 0.25) is 0 Å². The van der Waals surface area contributed by atoms with Gasteiger partial charge in [0, 0.05) is 24.3 Å². The highest BCUT2D eigenvalue weighted by Gasteiger charge is 2.26. The second kappa shape index (κ2) is 5.31. The Labute approximate surface area is 111 Å². The van der Waals surface area contributed by atoms with Crippen LogP contribution in [0.1, 0.15) is 33.3 Å². The maximum Gasteiger partial charge on any atom is 0.0399 e. The monoisotopic (exact) mass is 246 g/mol. The number of nitrogens with one attached hydrogen (secondary N) is 1. The number of hydrogen-bond donors (Lipinski definition) is 1. The van der Waals surface area contributed by atoms with Gasteiger partial charge >= 0.3 is 0 Å². The summed E-state index contributed by atoms with van der Waals surface area (Å²) >= 11 is 0. The third kappa shape index (κ3) is 3.05. The summed E-state index contributed by atoms with van der Waals surface area (Å²) in [5.41, 5.74) is 3.10. The van der Waals surface area contributed by atoms with Gasteiger partial charge in [0.1, 0.15) is 0 Å². The van der Waals surface area contributed by atoms with Crippen LogP contribution in [0, 0.1) is 5.92 Å². The Morgan fingerprint density at radius 2 is 2.06 bits per heavy atom. The molecule has 1 aliphatic rings. The number of fused-ring (bicyclic) bond motifs is 1. The van der Waals surface area contributed by atoms with Crippen LogP contribution in [0.2, 0.25) is 0 Å². The summed E-state index contributed by atoms with van der Waals surface area (Å²) in [6.45, 7) is 12.4. The van der Waals surface area contributed by atoms with Gasteiger partial charge in [0.25, 0.3) is 0 Å². The van der Waals surface area contributed by atoms with Crippen LogP contribution in [0.4, 0.5) is 5.69 Å². The second-order valence-electron chi connectivity index (χ2n) is 6.23. The van der Waals surface area contributed by atoms with E-state index in [1.54, 1.807) is 0 Å². The first-order valence-corrected chi connectivity index (χ1v) is 7.10. The Balaban J connectivity index is 2.18. The third-order valence-electron chi connectivity index (χ3n) is 3.67. The number of anilines is 1. The van der Waals surface area contributed by atoms with E-state index in [4.69, 9.17) is 0 Å². The van der Waals surface area contributed by atoms with Crippen molar-refractivity contribution < 1.29 is 0 Å². The molecule has 100 valence electrons. The topological polar surface area (TPSA) is 15.3 Å². The molecule has 1 aromatic carbocycles. The lowest BCUT2D eigenvalue weighted by Gasteiger charge is -2.40. The molecule has 0 radical (unpaired) electrons. The quantitative estimate of drug-likeness (QED) is 0.878. The Hall–Kier alpha value is -1.02. The standard InChI is InChI=1S/C16H26N2/c1-5-17-16(3,4)12-18-11-13(2)10-14-8-6-7-9-15(14)18/h6-9,13,17H,5,10-12H2,1-4H3. The summed E-state index contributed by atoms with van der Waals surface area (Å²) in [7, 11) is 0. The van der Waals surface area contributed by atoms with Crippen molar-refractivity contribution in [2.45, 2.75) is 39.7 Å². The van der Waals surface area contributed by atoms with Gasteiger partial charge in [-0.05, 0) is 44.4 Å². The van der Waals surface area contributed by atoms with E-state index in [1.807, 2.05) is 0 Å². The van der Waals surface area contributed by atoms with Crippen molar-refractivity contribution in [1.29, 1.82) is 0 Å². The highest BCUT2D eigenvalue weighted by Crippen LogP contribution is 2.30. The molecular weight excluding hydrogens is 220 g/mol. The zero-order chi connectivity index (χ0) is 13.2. The molecule has 0 amide bonds. The van der Waals surface area contributed by atoms with Crippen LogP contribution in [0.5, 0.6) is 0 Å². The van der Waals surface area contributed by atoms with Crippen molar-refractivity contribution in [2.75, 3.05) is 24.5 Å². The summed E-state index contributed by atoms with van der Waals surface area (Å²) in [5.74, 6) is 0.748. The van der Waals surface area contributed by atoms with E-state index in [-0.39, 0.29) is 5.54 Å². The van der Waals surface area contributed by atoms with Gasteiger partial charge in [-0.3, -0.25) is 0 Å². The van der Waals surface area contributed by atoms with E-state index in [0.717, 1.165) is 19.0 Å². The number of likely N-dealkylation sites (N-methyl/N-ethyl adjacent to an activating group) is 1. The van der Waals surface area contributed by atoms with Crippen molar-refractivity contribution in [3.8, 4) is 0 Å². The van der Waals surface area contributed by atoms with Crippen LogP contribution in [-0.2, 0) is 6.42 Å². The zero-order valence-corrected chi connectivity index (χ0v) is 12.2. The fourth-order valence-electron chi connectivity index (χ4n) is 3.07. The van der Waals surface area contributed by atoms with Crippen molar-refractivity contribution in [3.63, 3.8) is 0 Å². The Kier molecular flexibility index (Phi) is 3.96. The molecule has 2 rings (SSSR count). The smallest absolute Gasteiger partial charge is 0.0399 e. The first-order valence-electron chi connectivity index (χ1n) is 7.10. The van der Waals surface area contributed by atoms with Gasteiger partial charge in [-0.1, -0.05) is 32.0 Å². The van der Waals surface area contributed by atoms with Gasteiger partial charge in [-0.15, -0.1) is 0 Å². The molecule has 1 atom stereocenters. The predicted octanol–water partition coefficient (Wildman–Crippen LogP) is 3.07. The molecule has 0 saturated carbocycles. The lowest BCUT2D eigenvalue weighted by Crippen LogP contribution is -2.51. The number of benzene rings is 1. The third-order valence-corrected chi connectivity index (χ3v) is 3.67. The van der Waals surface area contributed by atoms with Crippen LogP contribution in [0.15, 0.2) is 24.3 Å². The summed E-state index contributed by atoms with van der Waals surface area (Å²) in [6, 6.07) is 8.86. The first kappa shape index (κ1) is 13.4. The van der Waals surface area contributed by atoms with E-state index in [1.165, 1.54) is 24.2 Å². The molecule has 0 bridgehead atoms. The fraction of sp³-hybridized carbons (Fsp3) is 0.625. The van der Waals surface area contributed by atoms with E-state index in [2.05, 4.69) is 62.2 Å². The maximum absolute atomic E-state index is 3.57. The largest absolute Gasteiger partial charge is 0.369 e. The zero-order valence-electron chi connectivity index (χ0n) is 12.2. The molecule has 0 aromatic heterocycles. The number of hydrogen-bond acceptors (Lipinski definition) is 2. The molecule has 1 heterocycles. The van der Waals surface area contributed by atoms with E-state index in [0.29, 0.717) is 0 Å². The molecule has 1 aromatic rings. The summed E-state index contributed by atoms with van der Waals surface area (Å²) in [5, 5.41) is 3.57. The minimum absolute atomic E-state index is 0.166. The van der Waals surface area contributed by atoms with E-state index < -0.39 is 0 Å². The molecule has 0 spiro atoms. The fourth-order valence-corrected chi connectivity index (χ4v) is 3.07. The molecule has 18 heavy (non-hydrogen) atoms. The minimum Gasteiger partial charge on any atom is -0.369 e. The minimum atomic E-state index is 0.166. The molecular formula is C16H26N2. The Morgan fingerprint density at radius 1 is 1.33 bits per heavy atom. The molecule has 1 unspecified atom stereocenters. The van der Waals surface area contributed by atoms with Crippen LogP contribution < -0.4 is 10.2 Å². The van der Waals surface area contributed by atoms with Crippen LogP contribution in [-0.4, -0.2) is 25.2 Å². The van der Waals surface area contributed by atoms with Crippen molar-refractivity contribution in [3.05, 3.63) is 29.8 Å². The molecule has 0 fully saturated rings.